The van der Waals surface area contributed by atoms with Crippen LogP contribution in [0.2, 0.25) is 0 Å². The number of anilines is 1. The maximum Gasteiger partial charge on any atom is 0.235 e. The highest BCUT2D eigenvalue weighted by atomic mass is 32.2. The molecule has 1 aromatic heterocycles. The standard InChI is InChI=1S/C20H19N3O4S/c1-26-14-5-3-4-13(9-14)23-11-21-20-18(23)19(28-10-17(25)22-20)12-6-7-15(24)16(8-12)27-2/h3-9,11,19,24H,10H2,1-2H3,(H,22,25)/t19-/m0/s1. The molecule has 1 aliphatic rings. The zero-order valence-corrected chi connectivity index (χ0v) is 16.2. The molecule has 2 heterocycles. The number of thioether (sulfide) groups is 1. The number of phenols is 1. The number of benzene rings is 2. The fourth-order valence-electron chi connectivity index (χ4n) is 3.19. The van der Waals surface area contributed by atoms with Crippen LogP contribution in [-0.2, 0) is 4.79 Å². The summed E-state index contributed by atoms with van der Waals surface area (Å²) >= 11 is 1.50. The summed E-state index contributed by atoms with van der Waals surface area (Å²) in [6.07, 6.45) is 1.69. The van der Waals surface area contributed by atoms with Gasteiger partial charge in [-0.15, -0.1) is 11.8 Å². The molecule has 7 nitrogen and oxygen atoms in total. The number of methoxy groups -OCH3 is 2. The number of imidazole rings is 1. The van der Waals surface area contributed by atoms with Crippen LogP contribution < -0.4 is 14.8 Å². The fourth-order valence-corrected chi connectivity index (χ4v) is 4.30. The molecule has 0 bridgehead atoms. The minimum atomic E-state index is -0.183. The van der Waals surface area contributed by atoms with Crippen molar-refractivity contribution in [2.75, 3.05) is 25.3 Å². The predicted octanol–water partition coefficient (Wildman–Crippen LogP) is 3.37. The number of nitrogens with one attached hydrogen (secondary N) is 1. The molecule has 0 saturated carbocycles. The Morgan fingerprint density at radius 2 is 2.07 bits per heavy atom. The van der Waals surface area contributed by atoms with Gasteiger partial charge in [0, 0.05) is 6.07 Å². The van der Waals surface area contributed by atoms with Crippen molar-refractivity contribution in [2.45, 2.75) is 5.25 Å². The van der Waals surface area contributed by atoms with Crippen molar-refractivity contribution >= 4 is 23.5 Å². The summed E-state index contributed by atoms with van der Waals surface area (Å²) in [4.78, 5) is 16.6. The smallest absolute Gasteiger partial charge is 0.235 e. The van der Waals surface area contributed by atoms with E-state index in [4.69, 9.17) is 9.47 Å². The van der Waals surface area contributed by atoms with Crippen molar-refractivity contribution in [3.05, 3.63) is 60.0 Å². The average molecular weight is 397 g/mol. The second kappa shape index (κ2) is 7.47. The molecule has 0 saturated heterocycles. The molecule has 8 heteroatoms. The summed E-state index contributed by atoms with van der Waals surface area (Å²) in [6, 6.07) is 12.9. The topological polar surface area (TPSA) is 85.6 Å². The molecule has 0 unspecified atom stereocenters. The SMILES string of the molecule is COc1cccc(-n2cnc3c2[C@H](c2ccc(O)c(OC)c2)SCC(=O)N3)c1. The first-order valence-electron chi connectivity index (χ1n) is 8.60. The summed E-state index contributed by atoms with van der Waals surface area (Å²) in [7, 11) is 3.13. The van der Waals surface area contributed by atoms with Gasteiger partial charge in [0.2, 0.25) is 5.91 Å². The van der Waals surface area contributed by atoms with Crippen LogP contribution in [0, 0.1) is 0 Å². The van der Waals surface area contributed by atoms with Crippen molar-refractivity contribution in [1.82, 2.24) is 9.55 Å². The van der Waals surface area contributed by atoms with E-state index >= 15 is 0 Å². The van der Waals surface area contributed by atoms with Gasteiger partial charge < -0.3 is 19.9 Å². The van der Waals surface area contributed by atoms with E-state index in [2.05, 4.69) is 10.3 Å². The summed E-state index contributed by atoms with van der Waals surface area (Å²) in [5.74, 6) is 1.90. The molecule has 0 aliphatic carbocycles. The van der Waals surface area contributed by atoms with Gasteiger partial charge in [-0.05, 0) is 29.8 Å². The van der Waals surface area contributed by atoms with Crippen LogP contribution in [-0.4, -0.2) is 40.5 Å². The predicted molar refractivity (Wildman–Crippen MR) is 108 cm³/mol. The van der Waals surface area contributed by atoms with Crippen LogP contribution in [0.25, 0.3) is 5.69 Å². The number of aromatic hydroxyl groups is 1. The lowest BCUT2D eigenvalue weighted by Gasteiger charge is -2.19. The van der Waals surface area contributed by atoms with Gasteiger partial charge in [-0.2, -0.15) is 0 Å². The molecule has 1 aliphatic heterocycles. The summed E-state index contributed by atoms with van der Waals surface area (Å²) in [6.45, 7) is 0. The van der Waals surface area contributed by atoms with E-state index in [1.165, 1.54) is 18.9 Å². The maximum absolute atomic E-state index is 12.2. The minimum absolute atomic E-state index is 0.0700. The van der Waals surface area contributed by atoms with Gasteiger partial charge in [-0.1, -0.05) is 12.1 Å². The van der Waals surface area contributed by atoms with E-state index in [0.29, 0.717) is 17.3 Å². The highest BCUT2D eigenvalue weighted by Crippen LogP contribution is 2.44. The van der Waals surface area contributed by atoms with Crippen molar-refractivity contribution in [3.8, 4) is 22.9 Å². The summed E-state index contributed by atoms with van der Waals surface area (Å²) in [5, 5.41) is 12.6. The van der Waals surface area contributed by atoms with E-state index in [1.54, 1.807) is 25.6 Å². The number of carbonyl (C=O) groups excluding carboxylic acids is 1. The average Bonchev–Trinajstić information content (AvgIpc) is 3.04. The Morgan fingerprint density at radius 1 is 1.21 bits per heavy atom. The number of hydrogen-bond donors (Lipinski definition) is 2. The van der Waals surface area contributed by atoms with Gasteiger partial charge in [-0.25, -0.2) is 4.98 Å². The first-order valence-corrected chi connectivity index (χ1v) is 9.65. The number of ether oxygens (including phenoxy) is 2. The Hall–Kier alpha value is -3.13. The molecule has 2 aromatic carbocycles. The molecule has 3 aromatic rings. The molecule has 4 rings (SSSR count). The van der Waals surface area contributed by atoms with Crippen LogP contribution in [0.15, 0.2) is 48.8 Å². The van der Waals surface area contributed by atoms with Gasteiger partial charge in [0.15, 0.2) is 17.3 Å². The molecule has 1 atom stereocenters. The largest absolute Gasteiger partial charge is 0.504 e. The van der Waals surface area contributed by atoms with E-state index < -0.39 is 0 Å². The van der Waals surface area contributed by atoms with Crippen LogP contribution in [0.3, 0.4) is 0 Å². The first kappa shape index (κ1) is 18.2. The number of amides is 1. The lowest BCUT2D eigenvalue weighted by molar-refractivity contribution is -0.113. The first-order chi connectivity index (χ1) is 13.6. The number of fused-ring (bicyclic) bond motifs is 1. The van der Waals surface area contributed by atoms with E-state index in [0.717, 1.165) is 22.7 Å². The highest BCUT2D eigenvalue weighted by Gasteiger charge is 2.29. The van der Waals surface area contributed by atoms with Gasteiger partial charge in [-0.3, -0.25) is 9.36 Å². The zero-order valence-electron chi connectivity index (χ0n) is 15.4. The highest BCUT2D eigenvalue weighted by molar-refractivity contribution is 8.00. The number of phenolic OH excluding ortho intramolecular Hbond substituents is 1. The molecule has 2 N–H and O–H groups in total. The lowest BCUT2D eigenvalue weighted by Crippen LogP contribution is -2.12. The molecule has 28 heavy (non-hydrogen) atoms. The third kappa shape index (κ3) is 3.27. The third-order valence-corrected chi connectivity index (χ3v) is 5.79. The zero-order chi connectivity index (χ0) is 19.7. The molecular formula is C20H19N3O4S. The summed E-state index contributed by atoms with van der Waals surface area (Å²) < 4.78 is 12.5. The fraction of sp³-hybridized carbons (Fsp3) is 0.200. The Bertz CT molecular complexity index is 1030. The minimum Gasteiger partial charge on any atom is -0.504 e. The van der Waals surface area contributed by atoms with Gasteiger partial charge in [0.25, 0.3) is 0 Å². The van der Waals surface area contributed by atoms with Crippen molar-refractivity contribution < 1.29 is 19.4 Å². The molecule has 0 radical (unpaired) electrons. The number of rotatable bonds is 4. The molecule has 144 valence electrons. The molecule has 1 amide bonds. The second-order valence-corrected chi connectivity index (χ2v) is 7.31. The second-order valence-electron chi connectivity index (χ2n) is 6.22. The van der Waals surface area contributed by atoms with Crippen molar-refractivity contribution in [3.63, 3.8) is 0 Å². The normalized spacial score (nSPS) is 16.1. The number of aromatic nitrogens is 2. The van der Waals surface area contributed by atoms with Crippen LogP contribution in [0.4, 0.5) is 5.82 Å². The number of nitrogens with zero attached hydrogens (tertiary/aromatic N) is 2. The van der Waals surface area contributed by atoms with Crippen LogP contribution in [0.5, 0.6) is 17.2 Å². The van der Waals surface area contributed by atoms with Crippen molar-refractivity contribution in [2.24, 2.45) is 0 Å². The van der Waals surface area contributed by atoms with E-state index in [-0.39, 0.29) is 16.9 Å². The molecular weight excluding hydrogens is 378 g/mol. The van der Waals surface area contributed by atoms with Gasteiger partial charge in [0.05, 0.1) is 36.6 Å². The quantitative estimate of drug-likeness (QED) is 0.702. The Kier molecular flexibility index (Phi) is 4.87. The van der Waals surface area contributed by atoms with E-state index in [1.807, 2.05) is 34.9 Å². The maximum atomic E-state index is 12.2. The molecule has 0 fully saturated rings. The Balaban J connectivity index is 1.87. The van der Waals surface area contributed by atoms with E-state index in [9.17, 15) is 9.90 Å². The Morgan fingerprint density at radius 3 is 2.86 bits per heavy atom. The molecule has 0 spiro atoms. The lowest BCUT2D eigenvalue weighted by atomic mass is 10.1. The van der Waals surface area contributed by atoms with Gasteiger partial charge >= 0.3 is 0 Å². The summed E-state index contributed by atoms with van der Waals surface area (Å²) in [5.41, 5.74) is 2.62. The van der Waals surface area contributed by atoms with Crippen LogP contribution >= 0.6 is 11.8 Å². The Labute approximate surface area is 166 Å². The van der Waals surface area contributed by atoms with Crippen LogP contribution in [0.1, 0.15) is 16.5 Å². The third-order valence-electron chi connectivity index (χ3n) is 4.53. The monoisotopic (exact) mass is 397 g/mol. The van der Waals surface area contributed by atoms with Crippen molar-refractivity contribution in [1.29, 1.82) is 0 Å². The number of carbonyl (C=O) groups is 1. The van der Waals surface area contributed by atoms with Gasteiger partial charge in [0.1, 0.15) is 12.1 Å². The number of hydrogen-bond acceptors (Lipinski definition) is 6.